The molecule has 4 aromatic carbocycles. The summed E-state index contributed by atoms with van der Waals surface area (Å²) in [5, 5.41) is 0. The van der Waals surface area contributed by atoms with Crippen molar-refractivity contribution < 1.29 is 9.47 Å². The van der Waals surface area contributed by atoms with Crippen LogP contribution in [0.2, 0.25) is 0 Å². The maximum atomic E-state index is 6.83. The van der Waals surface area contributed by atoms with Gasteiger partial charge in [0.05, 0.1) is 19.3 Å². The summed E-state index contributed by atoms with van der Waals surface area (Å²) in [4.78, 5) is 0. The molecule has 0 heterocycles. The number of rotatable bonds is 10. The average molecular weight is 423 g/mol. The maximum Gasteiger partial charge on any atom is 0.143 e. The minimum Gasteiger partial charge on any atom is -0.374 e. The first-order valence-electron chi connectivity index (χ1n) is 11.2. The number of ether oxygens (including phenoxy) is 2. The van der Waals surface area contributed by atoms with E-state index in [9.17, 15) is 0 Å². The molecule has 0 bridgehead atoms. The molecule has 4 aromatic rings. The van der Waals surface area contributed by atoms with Crippen molar-refractivity contribution >= 4 is 0 Å². The van der Waals surface area contributed by atoms with Gasteiger partial charge in [-0.1, -0.05) is 121 Å². The van der Waals surface area contributed by atoms with E-state index in [1.807, 2.05) is 36.4 Å². The first kappa shape index (κ1) is 22.0. The van der Waals surface area contributed by atoms with Crippen molar-refractivity contribution in [3.63, 3.8) is 0 Å². The first-order valence-corrected chi connectivity index (χ1v) is 11.2. The van der Waals surface area contributed by atoms with Crippen molar-refractivity contribution in [2.24, 2.45) is 0 Å². The van der Waals surface area contributed by atoms with Gasteiger partial charge >= 0.3 is 0 Å². The smallest absolute Gasteiger partial charge is 0.143 e. The standard InChI is InChI=1S/C30H30O2/c1-25(31-24-26-14-6-2-7-15-26)22-23-32-30(27-16-8-3-9-17-27,28-18-10-4-11-19-28)29-20-12-5-13-21-29/h2-21,25H,22-24H2,1H3/t25-/m1/s1. The fraction of sp³-hybridized carbons (Fsp3) is 0.200. The molecule has 0 spiro atoms. The molecule has 0 aliphatic rings. The van der Waals surface area contributed by atoms with Gasteiger partial charge in [-0.3, -0.25) is 0 Å². The van der Waals surface area contributed by atoms with Crippen LogP contribution < -0.4 is 0 Å². The second-order valence-corrected chi connectivity index (χ2v) is 8.02. The number of hydrogen-bond acceptors (Lipinski definition) is 2. The molecular formula is C30H30O2. The maximum absolute atomic E-state index is 6.83. The second kappa shape index (κ2) is 10.9. The molecule has 0 radical (unpaired) electrons. The summed E-state index contributed by atoms with van der Waals surface area (Å²) in [6, 6.07) is 41.8. The van der Waals surface area contributed by atoms with E-state index in [2.05, 4.69) is 91.9 Å². The molecule has 2 heteroatoms. The lowest BCUT2D eigenvalue weighted by Crippen LogP contribution is -2.34. The van der Waals surface area contributed by atoms with Gasteiger partial charge in [0, 0.05) is 0 Å². The van der Waals surface area contributed by atoms with Gasteiger partial charge in [-0.25, -0.2) is 0 Å². The van der Waals surface area contributed by atoms with Crippen LogP contribution in [0.25, 0.3) is 0 Å². The highest BCUT2D eigenvalue weighted by atomic mass is 16.5. The predicted molar refractivity (Wildman–Crippen MR) is 130 cm³/mol. The van der Waals surface area contributed by atoms with Crippen molar-refractivity contribution in [3.8, 4) is 0 Å². The molecule has 4 rings (SSSR count). The van der Waals surface area contributed by atoms with Gasteiger partial charge in [0.15, 0.2) is 0 Å². The normalized spacial score (nSPS) is 12.4. The third-order valence-electron chi connectivity index (χ3n) is 5.76. The Bertz CT molecular complexity index is 950. The summed E-state index contributed by atoms with van der Waals surface area (Å²) in [5.74, 6) is 0. The molecular weight excluding hydrogens is 392 g/mol. The minimum atomic E-state index is -0.678. The van der Waals surface area contributed by atoms with E-state index in [4.69, 9.17) is 9.47 Å². The fourth-order valence-corrected chi connectivity index (χ4v) is 4.04. The summed E-state index contributed by atoms with van der Waals surface area (Å²) < 4.78 is 12.9. The molecule has 0 amide bonds. The van der Waals surface area contributed by atoms with E-state index in [0.717, 1.165) is 23.1 Å². The Labute approximate surface area is 191 Å². The van der Waals surface area contributed by atoms with Gasteiger partial charge in [-0.15, -0.1) is 0 Å². The van der Waals surface area contributed by atoms with E-state index in [1.54, 1.807) is 0 Å². The largest absolute Gasteiger partial charge is 0.374 e. The zero-order chi connectivity index (χ0) is 22.1. The van der Waals surface area contributed by atoms with Crippen molar-refractivity contribution in [2.75, 3.05) is 6.61 Å². The Hall–Kier alpha value is -3.20. The van der Waals surface area contributed by atoms with Crippen LogP contribution in [0, 0.1) is 0 Å². The molecule has 0 aliphatic carbocycles. The van der Waals surface area contributed by atoms with Gasteiger partial charge in [0.25, 0.3) is 0 Å². The Morgan fingerprint density at radius 3 is 1.44 bits per heavy atom. The van der Waals surface area contributed by atoms with E-state index in [1.165, 1.54) is 5.56 Å². The predicted octanol–water partition coefficient (Wildman–Crippen LogP) is 6.99. The van der Waals surface area contributed by atoms with Crippen LogP contribution in [-0.4, -0.2) is 12.7 Å². The van der Waals surface area contributed by atoms with Crippen LogP contribution >= 0.6 is 0 Å². The van der Waals surface area contributed by atoms with Gasteiger partial charge in [0.2, 0.25) is 0 Å². The number of hydrogen-bond donors (Lipinski definition) is 0. The van der Waals surface area contributed by atoms with Crippen molar-refractivity contribution in [3.05, 3.63) is 144 Å². The summed E-state index contributed by atoms with van der Waals surface area (Å²) in [7, 11) is 0. The van der Waals surface area contributed by atoms with Gasteiger partial charge in [-0.05, 0) is 35.6 Å². The van der Waals surface area contributed by atoms with Crippen LogP contribution in [0.3, 0.4) is 0 Å². The van der Waals surface area contributed by atoms with Crippen LogP contribution in [0.1, 0.15) is 35.6 Å². The zero-order valence-corrected chi connectivity index (χ0v) is 18.6. The van der Waals surface area contributed by atoms with Crippen molar-refractivity contribution in [1.29, 1.82) is 0 Å². The van der Waals surface area contributed by atoms with E-state index >= 15 is 0 Å². The van der Waals surface area contributed by atoms with Crippen LogP contribution in [0.15, 0.2) is 121 Å². The molecule has 0 aromatic heterocycles. The Morgan fingerprint density at radius 2 is 1.00 bits per heavy atom. The molecule has 0 fully saturated rings. The van der Waals surface area contributed by atoms with Crippen LogP contribution in [0.4, 0.5) is 0 Å². The molecule has 0 saturated heterocycles. The Morgan fingerprint density at radius 1 is 0.594 bits per heavy atom. The molecule has 162 valence electrons. The monoisotopic (exact) mass is 422 g/mol. The Kier molecular flexibility index (Phi) is 7.50. The van der Waals surface area contributed by atoms with E-state index < -0.39 is 5.60 Å². The lowest BCUT2D eigenvalue weighted by Gasteiger charge is -2.36. The minimum absolute atomic E-state index is 0.0928. The van der Waals surface area contributed by atoms with Gasteiger partial charge in [-0.2, -0.15) is 0 Å². The number of benzene rings is 4. The molecule has 0 unspecified atom stereocenters. The summed E-state index contributed by atoms with van der Waals surface area (Å²) in [6.45, 7) is 3.30. The van der Waals surface area contributed by atoms with Crippen LogP contribution in [0.5, 0.6) is 0 Å². The molecule has 0 aliphatic heterocycles. The molecule has 2 nitrogen and oxygen atoms in total. The zero-order valence-electron chi connectivity index (χ0n) is 18.6. The highest BCUT2D eigenvalue weighted by molar-refractivity contribution is 5.47. The van der Waals surface area contributed by atoms with Crippen LogP contribution in [-0.2, 0) is 21.7 Å². The average Bonchev–Trinajstić information content (AvgIpc) is 2.88. The van der Waals surface area contributed by atoms with Gasteiger partial charge in [0.1, 0.15) is 5.60 Å². The third kappa shape index (κ3) is 5.16. The molecule has 0 N–H and O–H groups in total. The Balaban J connectivity index is 1.57. The van der Waals surface area contributed by atoms with Crippen molar-refractivity contribution in [2.45, 2.75) is 31.7 Å². The third-order valence-corrected chi connectivity index (χ3v) is 5.76. The fourth-order valence-electron chi connectivity index (χ4n) is 4.04. The topological polar surface area (TPSA) is 18.5 Å². The highest BCUT2D eigenvalue weighted by Crippen LogP contribution is 2.40. The summed E-state index contributed by atoms with van der Waals surface area (Å²) >= 11 is 0. The first-order chi connectivity index (χ1) is 15.8. The highest BCUT2D eigenvalue weighted by Gasteiger charge is 2.37. The quantitative estimate of drug-likeness (QED) is 0.256. The van der Waals surface area contributed by atoms with Crippen molar-refractivity contribution in [1.82, 2.24) is 0 Å². The lowest BCUT2D eigenvalue weighted by molar-refractivity contribution is -0.0222. The lowest BCUT2D eigenvalue weighted by atomic mass is 9.80. The summed E-state index contributed by atoms with van der Waals surface area (Å²) in [5.41, 5.74) is 3.87. The van der Waals surface area contributed by atoms with E-state index in [-0.39, 0.29) is 6.10 Å². The molecule has 0 saturated carbocycles. The summed E-state index contributed by atoms with van der Waals surface area (Å²) in [6.07, 6.45) is 0.899. The van der Waals surface area contributed by atoms with E-state index in [0.29, 0.717) is 13.2 Å². The molecule has 1 atom stereocenters. The second-order valence-electron chi connectivity index (χ2n) is 8.02. The molecule has 32 heavy (non-hydrogen) atoms. The van der Waals surface area contributed by atoms with Gasteiger partial charge < -0.3 is 9.47 Å². The SMILES string of the molecule is C[C@H](CCOC(c1ccccc1)(c1ccccc1)c1ccccc1)OCc1ccccc1.